The first kappa shape index (κ1) is 15.1. The summed E-state index contributed by atoms with van der Waals surface area (Å²) in [5.41, 5.74) is 2.26. The maximum atomic E-state index is 11.8. The van der Waals surface area contributed by atoms with Crippen molar-refractivity contribution < 1.29 is 9.53 Å². The van der Waals surface area contributed by atoms with Gasteiger partial charge in [0.2, 0.25) is 0 Å². The Balaban J connectivity index is 1.80. The highest BCUT2D eigenvalue weighted by molar-refractivity contribution is 5.90. The van der Waals surface area contributed by atoms with E-state index in [0.29, 0.717) is 11.6 Å². The zero-order valence-corrected chi connectivity index (χ0v) is 12.5. The molecule has 1 heterocycles. The molecule has 0 radical (unpaired) electrons. The molecule has 1 aromatic carbocycles. The van der Waals surface area contributed by atoms with Crippen LogP contribution >= 0.6 is 0 Å². The zero-order chi connectivity index (χ0) is 15.1. The van der Waals surface area contributed by atoms with E-state index < -0.39 is 0 Å². The molecular weight excluding hydrogens is 266 g/mol. The molecule has 2 aromatic rings. The van der Waals surface area contributed by atoms with E-state index in [4.69, 9.17) is 4.74 Å². The number of H-pyrrole nitrogens is 1. The third kappa shape index (κ3) is 4.63. The van der Waals surface area contributed by atoms with Crippen LogP contribution in [0.15, 0.2) is 30.3 Å². The van der Waals surface area contributed by atoms with Crippen LogP contribution < -0.4 is 10.1 Å². The van der Waals surface area contributed by atoms with E-state index in [1.54, 1.807) is 0 Å². The monoisotopic (exact) mass is 287 g/mol. The number of rotatable bonds is 7. The largest absolute Gasteiger partial charge is 0.484 e. The van der Waals surface area contributed by atoms with Crippen LogP contribution in [0.5, 0.6) is 5.75 Å². The number of benzene rings is 1. The van der Waals surface area contributed by atoms with Gasteiger partial charge in [-0.2, -0.15) is 5.10 Å². The van der Waals surface area contributed by atoms with Crippen molar-refractivity contribution in [1.29, 1.82) is 0 Å². The predicted molar refractivity (Wildman–Crippen MR) is 82.5 cm³/mol. The molecule has 0 spiro atoms. The average molecular weight is 287 g/mol. The summed E-state index contributed by atoms with van der Waals surface area (Å²) in [7, 11) is 0. The summed E-state index contributed by atoms with van der Waals surface area (Å²) in [5.74, 6) is 1.01. The summed E-state index contributed by atoms with van der Waals surface area (Å²) in [5, 5.41) is 9.64. The second-order valence-corrected chi connectivity index (χ2v) is 4.86. The Bertz CT molecular complexity index is 575. The van der Waals surface area contributed by atoms with Crippen molar-refractivity contribution in [2.75, 3.05) is 11.9 Å². The van der Waals surface area contributed by atoms with Gasteiger partial charge in [0, 0.05) is 11.8 Å². The summed E-state index contributed by atoms with van der Waals surface area (Å²) in [6, 6.07) is 9.59. The van der Waals surface area contributed by atoms with E-state index in [1.165, 1.54) is 5.56 Å². The zero-order valence-electron chi connectivity index (χ0n) is 12.5. The van der Waals surface area contributed by atoms with E-state index in [-0.39, 0.29) is 12.5 Å². The van der Waals surface area contributed by atoms with Crippen molar-refractivity contribution in [2.24, 2.45) is 0 Å². The van der Waals surface area contributed by atoms with Gasteiger partial charge in [-0.25, -0.2) is 0 Å². The lowest BCUT2D eigenvalue weighted by molar-refractivity contribution is -0.118. The number of aryl methyl sites for hydroxylation is 2. The Hall–Kier alpha value is -2.30. The smallest absolute Gasteiger partial charge is 0.263 e. The van der Waals surface area contributed by atoms with Gasteiger partial charge in [0.05, 0.1) is 0 Å². The van der Waals surface area contributed by atoms with Gasteiger partial charge in [0.1, 0.15) is 5.75 Å². The molecule has 1 amide bonds. The summed E-state index contributed by atoms with van der Waals surface area (Å²) in [6.45, 7) is 4.16. The standard InChI is InChI=1S/C16H21N3O2/c1-3-5-13-10-15(19-18-13)17-16(20)11-21-14-8-6-12(4-2)7-9-14/h6-10H,3-5,11H2,1-2H3,(H2,17,18,19,20). The highest BCUT2D eigenvalue weighted by atomic mass is 16.5. The molecule has 0 unspecified atom stereocenters. The van der Waals surface area contributed by atoms with Crippen molar-refractivity contribution in [1.82, 2.24) is 10.2 Å². The fourth-order valence-corrected chi connectivity index (χ4v) is 1.97. The van der Waals surface area contributed by atoms with E-state index >= 15 is 0 Å². The van der Waals surface area contributed by atoms with E-state index in [2.05, 4.69) is 29.4 Å². The van der Waals surface area contributed by atoms with Crippen molar-refractivity contribution >= 4 is 11.7 Å². The van der Waals surface area contributed by atoms with Crippen LogP contribution in [0.1, 0.15) is 31.5 Å². The van der Waals surface area contributed by atoms with E-state index in [9.17, 15) is 4.79 Å². The number of carbonyl (C=O) groups excluding carboxylic acids is 1. The molecule has 5 nitrogen and oxygen atoms in total. The third-order valence-corrected chi connectivity index (χ3v) is 3.12. The molecule has 2 rings (SSSR count). The number of carbonyl (C=O) groups is 1. The van der Waals surface area contributed by atoms with Crippen LogP contribution in [0, 0.1) is 0 Å². The molecule has 21 heavy (non-hydrogen) atoms. The number of aromatic amines is 1. The Kier molecular flexibility index (Phi) is 5.37. The SMILES string of the molecule is CCCc1cc(NC(=O)COc2ccc(CC)cc2)n[nH]1. The fraction of sp³-hybridized carbons (Fsp3) is 0.375. The molecule has 0 aliphatic rings. The highest BCUT2D eigenvalue weighted by Crippen LogP contribution is 2.13. The molecule has 0 bridgehead atoms. The Morgan fingerprint density at radius 2 is 2.05 bits per heavy atom. The summed E-state index contributed by atoms with van der Waals surface area (Å²) >= 11 is 0. The maximum Gasteiger partial charge on any atom is 0.263 e. The number of aromatic nitrogens is 2. The second kappa shape index (κ2) is 7.47. The lowest BCUT2D eigenvalue weighted by atomic mass is 10.2. The van der Waals surface area contributed by atoms with Gasteiger partial charge in [-0.1, -0.05) is 32.4 Å². The first-order valence-electron chi connectivity index (χ1n) is 7.27. The third-order valence-electron chi connectivity index (χ3n) is 3.12. The van der Waals surface area contributed by atoms with Crippen LogP contribution in [0.3, 0.4) is 0 Å². The lowest BCUT2D eigenvalue weighted by Gasteiger charge is -2.06. The Morgan fingerprint density at radius 1 is 1.29 bits per heavy atom. The van der Waals surface area contributed by atoms with Gasteiger partial charge in [-0.15, -0.1) is 0 Å². The summed E-state index contributed by atoms with van der Waals surface area (Å²) < 4.78 is 5.44. The Morgan fingerprint density at radius 3 is 2.71 bits per heavy atom. The van der Waals surface area contributed by atoms with Crippen molar-refractivity contribution in [3.8, 4) is 5.75 Å². The molecule has 1 aromatic heterocycles. The summed E-state index contributed by atoms with van der Waals surface area (Å²) in [4.78, 5) is 11.8. The van der Waals surface area contributed by atoms with Crippen LogP contribution in [-0.4, -0.2) is 22.7 Å². The van der Waals surface area contributed by atoms with Crippen LogP contribution in [0.25, 0.3) is 0 Å². The van der Waals surface area contributed by atoms with Gasteiger partial charge in [-0.05, 0) is 30.5 Å². The minimum Gasteiger partial charge on any atom is -0.484 e. The van der Waals surface area contributed by atoms with Crippen molar-refractivity contribution in [3.63, 3.8) is 0 Å². The van der Waals surface area contributed by atoms with Gasteiger partial charge in [0.25, 0.3) is 5.91 Å². The number of amides is 1. The molecule has 5 heteroatoms. The number of anilines is 1. The van der Waals surface area contributed by atoms with Gasteiger partial charge in [0.15, 0.2) is 12.4 Å². The van der Waals surface area contributed by atoms with Gasteiger partial charge in [-0.3, -0.25) is 9.89 Å². The van der Waals surface area contributed by atoms with Gasteiger partial charge >= 0.3 is 0 Å². The number of ether oxygens (including phenoxy) is 1. The van der Waals surface area contributed by atoms with E-state index in [1.807, 2.05) is 30.3 Å². The minimum absolute atomic E-state index is 0.0263. The number of hydrogen-bond acceptors (Lipinski definition) is 3. The quantitative estimate of drug-likeness (QED) is 0.822. The second-order valence-electron chi connectivity index (χ2n) is 4.86. The number of nitrogens with one attached hydrogen (secondary N) is 2. The van der Waals surface area contributed by atoms with Crippen LogP contribution in [0.2, 0.25) is 0 Å². The first-order chi connectivity index (χ1) is 10.2. The lowest BCUT2D eigenvalue weighted by Crippen LogP contribution is -2.20. The minimum atomic E-state index is -0.218. The topological polar surface area (TPSA) is 67.0 Å². The molecule has 2 N–H and O–H groups in total. The first-order valence-corrected chi connectivity index (χ1v) is 7.27. The van der Waals surface area contributed by atoms with Crippen LogP contribution in [0.4, 0.5) is 5.82 Å². The highest BCUT2D eigenvalue weighted by Gasteiger charge is 2.06. The van der Waals surface area contributed by atoms with Crippen LogP contribution in [-0.2, 0) is 17.6 Å². The molecule has 0 saturated carbocycles. The van der Waals surface area contributed by atoms with Crippen molar-refractivity contribution in [3.05, 3.63) is 41.6 Å². The maximum absolute atomic E-state index is 11.8. The molecule has 112 valence electrons. The summed E-state index contributed by atoms with van der Waals surface area (Å²) in [6.07, 6.45) is 2.94. The molecule has 0 atom stereocenters. The number of nitrogens with zero attached hydrogens (tertiary/aromatic N) is 1. The molecular formula is C16H21N3O2. The molecule has 0 aliphatic carbocycles. The van der Waals surface area contributed by atoms with Gasteiger partial charge < -0.3 is 10.1 Å². The fourth-order valence-electron chi connectivity index (χ4n) is 1.97. The number of hydrogen-bond donors (Lipinski definition) is 2. The van der Waals surface area contributed by atoms with Crippen molar-refractivity contribution in [2.45, 2.75) is 33.1 Å². The Labute approximate surface area is 124 Å². The molecule has 0 saturated heterocycles. The normalized spacial score (nSPS) is 10.4. The average Bonchev–Trinajstić information content (AvgIpc) is 2.93. The molecule has 0 aliphatic heterocycles. The predicted octanol–water partition coefficient (Wildman–Crippen LogP) is 2.94. The molecule has 0 fully saturated rings. The van der Waals surface area contributed by atoms with E-state index in [0.717, 1.165) is 25.0 Å².